The lowest BCUT2D eigenvalue weighted by Gasteiger charge is -2.19. The fourth-order valence-corrected chi connectivity index (χ4v) is 2.75. The average molecular weight is 449 g/mol. The summed E-state index contributed by atoms with van der Waals surface area (Å²) in [6, 6.07) is 5.50. The van der Waals surface area contributed by atoms with Crippen LogP contribution in [0.2, 0.25) is 0 Å². The summed E-state index contributed by atoms with van der Waals surface area (Å²) < 4.78 is 87.9. The Kier molecular flexibility index (Phi) is 7.19. The van der Waals surface area contributed by atoms with Crippen LogP contribution in [-0.4, -0.2) is 32.1 Å². The fraction of sp³-hybridized carbons (Fsp3) is 0.300. The molecule has 2 aromatic carbocycles. The van der Waals surface area contributed by atoms with E-state index in [2.05, 4.69) is 10.1 Å². The van der Waals surface area contributed by atoms with Gasteiger partial charge in [0.15, 0.2) is 0 Å². The first-order valence-corrected chi connectivity index (χ1v) is 8.67. The van der Waals surface area contributed by atoms with Gasteiger partial charge in [0.2, 0.25) is 0 Å². The minimum absolute atomic E-state index is 0.0938. The molecule has 2 aromatic rings. The molecule has 11 heteroatoms. The van der Waals surface area contributed by atoms with Crippen molar-refractivity contribution in [3.8, 4) is 5.75 Å². The Bertz CT molecular complexity index is 923. The number of nitrogens with one attached hydrogen (secondary N) is 1. The Balaban J connectivity index is 2.40. The molecule has 0 aliphatic heterocycles. The van der Waals surface area contributed by atoms with E-state index < -0.39 is 47.0 Å². The van der Waals surface area contributed by atoms with Crippen molar-refractivity contribution in [2.45, 2.75) is 24.8 Å². The second kappa shape index (κ2) is 9.27. The second-order valence-corrected chi connectivity index (χ2v) is 6.36. The lowest BCUT2D eigenvalue weighted by atomic mass is 10.0. The summed E-state index contributed by atoms with van der Waals surface area (Å²) in [5.74, 6) is -1.88. The average Bonchev–Trinajstić information content (AvgIpc) is 2.71. The Morgan fingerprint density at radius 2 is 1.48 bits per heavy atom. The van der Waals surface area contributed by atoms with Crippen LogP contribution in [0.5, 0.6) is 5.75 Å². The van der Waals surface area contributed by atoms with Crippen LogP contribution in [0.4, 0.5) is 26.3 Å². The number of para-hydroxylation sites is 1. The lowest BCUT2D eigenvalue weighted by molar-refractivity contribution is -0.144. The third-order valence-corrected chi connectivity index (χ3v) is 4.26. The monoisotopic (exact) mass is 449 g/mol. The van der Waals surface area contributed by atoms with Crippen molar-refractivity contribution in [3.63, 3.8) is 0 Å². The topological polar surface area (TPSA) is 64.6 Å². The summed E-state index contributed by atoms with van der Waals surface area (Å²) in [5, 5.41) is 2.14. The summed E-state index contributed by atoms with van der Waals surface area (Å²) in [4.78, 5) is 24.6. The van der Waals surface area contributed by atoms with Crippen LogP contribution in [0, 0.1) is 0 Å². The number of benzene rings is 2. The van der Waals surface area contributed by atoms with Crippen LogP contribution in [0.25, 0.3) is 0 Å². The van der Waals surface area contributed by atoms with E-state index in [1.165, 1.54) is 7.11 Å². The third kappa shape index (κ3) is 6.12. The van der Waals surface area contributed by atoms with E-state index in [1.54, 1.807) is 24.3 Å². The van der Waals surface area contributed by atoms with Gasteiger partial charge >= 0.3 is 18.3 Å². The maximum atomic E-state index is 13.0. The number of carbonyl (C=O) groups is 2. The number of alkyl halides is 6. The Morgan fingerprint density at radius 1 is 0.935 bits per heavy atom. The molecule has 5 nitrogen and oxygen atoms in total. The maximum absolute atomic E-state index is 13.0. The molecule has 0 saturated carbocycles. The van der Waals surface area contributed by atoms with Crippen LogP contribution < -0.4 is 10.1 Å². The first-order chi connectivity index (χ1) is 14.4. The first kappa shape index (κ1) is 24.0. The largest absolute Gasteiger partial charge is 0.496 e. The molecule has 0 aromatic heterocycles. The molecular formula is C20H17F6NO4. The SMILES string of the molecule is COC(=O)[C@H](Cc1ccccc1OC)NC(=O)c1cc(C(F)(F)F)cc(C(F)(F)F)c1. The number of ether oxygens (including phenoxy) is 2. The van der Waals surface area contributed by atoms with E-state index in [0.29, 0.717) is 11.3 Å². The lowest BCUT2D eigenvalue weighted by Crippen LogP contribution is -2.43. The zero-order valence-electron chi connectivity index (χ0n) is 16.2. The van der Waals surface area contributed by atoms with Crippen LogP contribution in [0.1, 0.15) is 27.0 Å². The number of rotatable bonds is 6. The molecule has 31 heavy (non-hydrogen) atoms. The first-order valence-electron chi connectivity index (χ1n) is 8.67. The number of hydrogen-bond acceptors (Lipinski definition) is 4. The second-order valence-electron chi connectivity index (χ2n) is 6.36. The van der Waals surface area contributed by atoms with Crippen molar-refractivity contribution >= 4 is 11.9 Å². The molecule has 0 bridgehead atoms. The van der Waals surface area contributed by atoms with Crippen molar-refractivity contribution in [1.29, 1.82) is 0 Å². The molecule has 1 N–H and O–H groups in total. The fourth-order valence-electron chi connectivity index (χ4n) is 2.75. The Morgan fingerprint density at radius 3 is 1.97 bits per heavy atom. The van der Waals surface area contributed by atoms with Crippen LogP contribution in [0.15, 0.2) is 42.5 Å². The van der Waals surface area contributed by atoms with Gasteiger partial charge in [0, 0.05) is 12.0 Å². The van der Waals surface area contributed by atoms with Gasteiger partial charge in [0.1, 0.15) is 11.8 Å². The van der Waals surface area contributed by atoms with Crippen molar-refractivity contribution < 1.29 is 45.4 Å². The normalized spacial score (nSPS) is 12.8. The molecule has 0 radical (unpaired) electrons. The van der Waals surface area contributed by atoms with E-state index in [-0.39, 0.29) is 24.6 Å². The van der Waals surface area contributed by atoms with Gasteiger partial charge in [-0.2, -0.15) is 26.3 Å². The number of carbonyl (C=O) groups excluding carboxylic acids is 2. The van der Waals surface area contributed by atoms with Crippen molar-refractivity contribution in [2.24, 2.45) is 0 Å². The number of methoxy groups -OCH3 is 2. The summed E-state index contributed by atoms with van der Waals surface area (Å²) in [7, 11) is 2.39. The third-order valence-electron chi connectivity index (χ3n) is 4.26. The molecule has 0 aliphatic rings. The summed E-state index contributed by atoms with van der Waals surface area (Å²) in [5.41, 5.74) is -3.74. The van der Waals surface area contributed by atoms with Gasteiger partial charge < -0.3 is 14.8 Å². The predicted octanol–water partition coefficient (Wildman–Crippen LogP) is 4.25. The minimum atomic E-state index is -5.12. The minimum Gasteiger partial charge on any atom is -0.496 e. The quantitative estimate of drug-likeness (QED) is 0.529. The van der Waals surface area contributed by atoms with Gasteiger partial charge in [-0.15, -0.1) is 0 Å². The van der Waals surface area contributed by atoms with Crippen LogP contribution >= 0.6 is 0 Å². The summed E-state index contributed by atoms with van der Waals surface area (Å²) >= 11 is 0. The van der Waals surface area contributed by atoms with Crippen molar-refractivity contribution in [2.75, 3.05) is 14.2 Å². The van der Waals surface area contributed by atoms with Crippen LogP contribution in [0.3, 0.4) is 0 Å². The number of amides is 1. The van der Waals surface area contributed by atoms with E-state index >= 15 is 0 Å². The smallest absolute Gasteiger partial charge is 0.416 e. The van der Waals surface area contributed by atoms with Gasteiger partial charge in [-0.05, 0) is 29.8 Å². The standard InChI is InChI=1S/C20H17F6NO4/c1-30-16-6-4-3-5-11(16)9-15(18(29)31-2)27-17(28)12-7-13(19(21,22)23)10-14(8-12)20(24,25)26/h3-8,10,15H,9H2,1-2H3,(H,27,28)/t15-/m0/s1. The van der Waals surface area contributed by atoms with Crippen molar-refractivity contribution in [3.05, 3.63) is 64.7 Å². The van der Waals surface area contributed by atoms with Gasteiger partial charge in [-0.25, -0.2) is 4.79 Å². The summed E-state index contributed by atoms with van der Waals surface area (Å²) in [6.45, 7) is 0. The Labute approximate surface area is 173 Å². The highest BCUT2D eigenvalue weighted by atomic mass is 19.4. The zero-order chi connectivity index (χ0) is 23.4. The highest BCUT2D eigenvalue weighted by molar-refractivity contribution is 5.97. The van der Waals surface area contributed by atoms with E-state index in [0.717, 1.165) is 7.11 Å². The predicted molar refractivity (Wildman–Crippen MR) is 96.4 cm³/mol. The molecule has 2 rings (SSSR count). The molecular weight excluding hydrogens is 432 g/mol. The highest BCUT2D eigenvalue weighted by Gasteiger charge is 2.38. The van der Waals surface area contributed by atoms with E-state index in [9.17, 15) is 35.9 Å². The van der Waals surface area contributed by atoms with Gasteiger partial charge in [-0.3, -0.25) is 4.79 Å². The van der Waals surface area contributed by atoms with Gasteiger partial charge in [0.05, 0.1) is 25.3 Å². The molecule has 1 atom stereocenters. The molecule has 0 heterocycles. The number of esters is 1. The molecule has 0 spiro atoms. The number of halogens is 6. The van der Waals surface area contributed by atoms with Gasteiger partial charge in [0.25, 0.3) is 5.91 Å². The maximum Gasteiger partial charge on any atom is 0.416 e. The summed E-state index contributed by atoms with van der Waals surface area (Å²) in [6.07, 6.45) is -10.4. The number of hydrogen-bond donors (Lipinski definition) is 1. The van der Waals surface area contributed by atoms with Crippen LogP contribution in [-0.2, 0) is 28.3 Å². The highest BCUT2D eigenvalue weighted by Crippen LogP contribution is 2.36. The molecule has 0 saturated heterocycles. The molecule has 0 unspecified atom stereocenters. The molecule has 1 amide bonds. The van der Waals surface area contributed by atoms with E-state index in [4.69, 9.17) is 4.74 Å². The van der Waals surface area contributed by atoms with Crippen molar-refractivity contribution in [1.82, 2.24) is 5.32 Å². The van der Waals surface area contributed by atoms with Gasteiger partial charge in [-0.1, -0.05) is 18.2 Å². The van der Waals surface area contributed by atoms with E-state index in [1.807, 2.05) is 0 Å². The molecule has 0 aliphatic carbocycles. The molecule has 168 valence electrons. The Hall–Kier alpha value is -3.24. The molecule has 0 fully saturated rings. The zero-order valence-corrected chi connectivity index (χ0v) is 16.2.